The van der Waals surface area contributed by atoms with Crippen LogP contribution in [0.2, 0.25) is 0 Å². The minimum absolute atomic E-state index is 0.0490. The lowest BCUT2D eigenvalue weighted by molar-refractivity contribution is -0.129. The molecule has 2 N–H and O–H groups in total. The second kappa shape index (κ2) is 7.43. The third-order valence-electron chi connectivity index (χ3n) is 3.24. The third kappa shape index (κ3) is 5.88. The maximum absolute atomic E-state index is 11.9. The molecule has 122 valence electrons. The molecule has 1 unspecified atom stereocenters. The fraction of sp³-hybridized carbons (Fsp3) is 0.556. The first kappa shape index (κ1) is 18.2. The van der Waals surface area contributed by atoms with E-state index in [1.807, 2.05) is 65.8 Å². The number of rotatable bonds is 5. The van der Waals surface area contributed by atoms with Gasteiger partial charge in [-0.2, -0.15) is 0 Å². The zero-order chi connectivity index (χ0) is 16.9. The summed E-state index contributed by atoms with van der Waals surface area (Å²) >= 11 is 0. The Morgan fingerprint density at radius 3 is 2.00 bits per heavy atom. The van der Waals surface area contributed by atoms with Crippen molar-refractivity contribution in [1.82, 2.24) is 10.6 Å². The van der Waals surface area contributed by atoms with E-state index in [9.17, 15) is 9.59 Å². The molecule has 22 heavy (non-hydrogen) atoms. The van der Waals surface area contributed by atoms with Gasteiger partial charge in [-0.1, -0.05) is 32.9 Å². The van der Waals surface area contributed by atoms with Crippen molar-refractivity contribution in [2.75, 3.05) is 0 Å². The normalized spacial score (nSPS) is 12.9. The Balaban J connectivity index is 2.61. The molecule has 0 bridgehead atoms. The van der Waals surface area contributed by atoms with E-state index in [2.05, 4.69) is 10.6 Å². The second-order valence-corrected chi connectivity index (χ2v) is 7.15. The van der Waals surface area contributed by atoms with Gasteiger partial charge in [-0.15, -0.1) is 0 Å². The Morgan fingerprint density at radius 1 is 1.00 bits per heavy atom. The molecule has 1 aromatic carbocycles. The van der Waals surface area contributed by atoms with Crippen molar-refractivity contribution in [2.24, 2.45) is 5.41 Å². The fourth-order valence-electron chi connectivity index (χ4n) is 1.98. The highest BCUT2D eigenvalue weighted by Crippen LogP contribution is 2.14. The van der Waals surface area contributed by atoms with Crippen LogP contribution in [0.5, 0.6) is 0 Å². The van der Waals surface area contributed by atoms with Gasteiger partial charge in [-0.05, 0) is 44.9 Å². The van der Waals surface area contributed by atoms with Gasteiger partial charge >= 0.3 is 0 Å². The molecular formula is C18H28N2O2. The van der Waals surface area contributed by atoms with Crippen LogP contribution in [0.3, 0.4) is 0 Å². The lowest BCUT2D eigenvalue weighted by Gasteiger charge is -2.22. The van der Waals surface area contributed by atoms with Crippen LogP contribution < -0.4 is 10.6 Å². The number of hydrogen-bond acceptors (Lipinski definition) is 2. The Kier molecular flexibility index (Phi) is 6.15. The van der Waals surface area contributed by atoms with E-state index in [0.29, 0.717) is 5.56 Å². The molecule has 0 spiro atoms. The SMILES string of the molecule is CC(C)NC(=O)c1ccc(CC(C)NC(=O)C(C)(C)C)cc1. The van der Waals surface area contributed by atoms with Crippen molar-refractivity contribution < 1.29 is 9.59 Å². The molecule has 1 rings (SSSR count). The summed E-state index contributed by atoms with van der Waals surface area (Å²) in [5.74, 6) is -0.0106. The van der Waals surface area contributed by atoms with E-state index in [1.54, 1.807) is 0 Å². The molecule has 0 radical (unpaired) electrons. The van der Waals surface area contributed by atoms with Gasteiger partial charge in [0.15, 0.2) is 0 Å². The fourth-order valence-corrected chi connectivity index (χ4v) is 1.98. The highest BCUT2D eigenvalue weighted by Gasteiger charge is 2.22. The number of amides is 2. The number of carbonyl (C=O) groups excluding carboxylic acids is 2. The van der Waals surface area contributed by atoms with E-state index in [0.717, 1.165) is 12.0 Å². The summed E-state index contributed by atoms with van der Waals surface area (Å²) in [7, 11) is 0. The van der Waals surface area contributed by atoms with Crippen LogP contribution in [0, 0.1) is 5.41 Å². The van der Waals surface area contributed by atoms with Crippen LogP contribution >= 0.6 is 0 Å². The van der Waals surface area contributed by atoms with Crippen molar-refractivity contribution in [2.45, 2.75) is 60.0 Å². The molecule has 1 atom stereocenters. The molecule has 0 saturated heterocycles. The predicted molar refractivity (Wildman–Crippen MR) is 89.8 cm³/mol. The Labute approximate surface area is 133 Å². The van der Waals surface area contributed by atoms with E-state index in [1.165, 1.54) is 0 Å². The van der Waals surface area contributed by atoms with E-state index >= 15 is 0 Å². The molecular weight excluding hydrogens is 276 g/mol. The maximum atomic E-state index is 11.9. The minimum Gasteiger partial charge on any atom is -0.353 e. The molecule has 0 aliphatic heterocycles. The van der Waals surface area contributed by atoms with Gasteiger partial charge in [0, 0.05) is 23.1 Å². The maximum Gasteiger partial charge on any atom is 0.251 e. The predicted octanol–water partition coefficient (Wildman–Crippen LogP) is 2.92. The van der Waals surface area contributed by atoms with Crippen molar-refractivity contribution in [3.8, 4) is 0 Å². The van der Waals surface area contributed by atoms with Crippen LogP contribution in [-0.2, 0) is 11.2 Å². The highest BCUT2D eigenvalue weighted by atomic mass is 16.2. The molecule has 4 nitrogen and oxygen atoms in total. The van der Waals surface area contributed by atoms with Gasteiger partial charge in [0.2, 0.25) is 5.91 Å². The zero-order valence-corrected chi connectivity index (χ0v) is 14.5. The Bertz CT molecular complexity index is 513. The quantitative estimate of drug-likeness (QED) is 0.878. The monoisotopic (exact) mass is 304 g/mol. The van der Waals surface area contributed by atoms with Crippen molar-refractivity contribution in [3.63, 3.8) is 0 Å². The molecule has 1 aromatic rings. The van der Waals surface area contributed by atoms with Gasteiger partial charge in [0.1, 0.15) is 0 Å². The molecule has 0 aliphatic carbocycles. The largest absolute Gasteiger partial charge is 0.353 e. The Hall–Kier alpha value is -1.84. The smallest absolute Gasteiger partial charge is 0.251 e. The molecule has 4 heteroatoms. The van der Waals surface area contributed by atoms with Crippen LogP contribution in [0.15, 0.2) is 24.3 Å². The number of hydrogen-bond donors (Lipinski definition) is 2. The van der Waals surface area contributed by atoms with Crippen LogP contribution in [0.25, 0.3) is 0 Å². The number of carbonyl (C=O) groups is 2. The summed E-state index contributed by atoms with van der Waals surface area (Å²) in [5, 5.41) is 5.88. The van der Waals surface area contributed by atoms with Crippen molar-refractivity contribution >= 4 is 11.8 Å². The first-order valence-corrected chi connectivity index (χ1v) is 7.80. The van der Waals surface area contributed by atoms with Crippen LogP contribution in [0.1, 0.15) is 57.5 Å². The molecule has 0 aromatic heterocycles. The van der Waals surface area contributed by atoms with Gasteiger partial charge in [0.05, 0.1) is 0 Å². The molecule has 2 amide bonds. The van der Waals surface area contributed by atoms with E-state index in [-0.39, 0.29) is 29.3 Å². The highest BCUT2D eigenvalue weighted by molar-refractivity contribution is 5.94. The average molecular weight is 304 g/mol. The van der Waals surface area contributed by atoms with Gasteiger partial charge in [0.25, 0.3) is 5.91 Å². The molecule has 0 fully saturated rings. The molecule has 0 saturated carbocycles. The van der Waals surface area contributed by atoms with Crippen molar-refractivity contribution in [3.05, 3.63) is 35.4 Å². The van der Waals surface area contributed by atoms with Crippen LogP contribution in [0.4, 0.5) is 0 Å². The Morgan fingerprint density at radius 2 is 1.55 bits per heavy atom. The summed E-state index contributed by atoms with van der Waals surface area (Å²) in [4.78, 5) is 23.8. The lowest BCUT2D eigenvalue weighted by atomic mass is 9.94. The van der Waals surface area contributed by atoms with Gasteiger partial charge in [-0.25, -0.2) is 0 Å². The minimum atomic E-state index is -0.382. The average Bonchev–Trinajstić information content (AvgIpc) is 2.37. The second-order valence-electron chi connectivity index (χ2n) is 7.15. The first-order valence-electron chi connectivity index (χ1n) is 7.80. The summed E-state index contributed by atoms with van der Waals surface area (Å²) in [6, 6.07) is 7.71. The van der Waals surface area contributed by atoms with E-state index < -0.39 is 0 Å². The van der Waals surface area contributed by atoms with Crippen LogP contribution in [-0.4, -0.2) is 23.9 Å². The van der Waals surface area contributed by atoms with E-state index in [4.69, 9.17) is 0 Å². The first-order chi connectivity index (χ1) is 10.1. The van der Waals surface area contributed by atoms with Crippen molar-refractivity contribution in [1.29, 1.82) is 0 Å². The van der Waals surface area contributed by atoms with Gasteiger partial charge in [-0.3, -0.25) is 9.59 Å². The lowest BCUT2D eigenvalue weighted by Crippen LogP contribution is -2.41. The zero-order valence-electron chi connectivity index (χ0n) is 14.5. The summed E-state index contributed by atoms with van der Waals surface area (Å²) in [5.41, 5.74) is 1.37. The van der Waals surface area contributed by atoms with Gasteiger partial charge < -0.3 is 10.6 Å². The topological polar surface area (TPSA) is 58.2 Å². The molecule has 0 aliphatic rings. The summed E-state index contributed by atoms with van der Waals surface area (Å²) in [6.45, 7) is 11.6. The number of nitrogens with one attached hydrogen (secondary N) is 2. The standard InChI is InChI=1S/C18H28N2O2/c1-12(2)19-16(21)15-9-7-14(8-10-15)11-13(3)20-17(22)18(4,5)6/h7-10,12-13H,11H2,1-6H3,(H,19,21)(H,20,22). The summed E-state index contributed by atoms with van der Waals surface area (Å²) in [6.07, 6.45) is 0.744. The molecule has 0 heterocycles. The summed E-state index contributed by atoms with van der Waals surface area (Å²) < 4.78 is 0. The number of benzene rings is 1. The third-order valence-corrected chi connectivity index (χ3v) is 3.24.